The molecule has 150 valence electrons. The number of hydrogen-bond donors (Lipinski definition) is 1. The average Bonchev–Trinajstić information content (AvgIpc) is 2.73. The Hall–Kier alpha value is -3.19. The maximum Gasteiger partial charge on any atom is 0.340 e. The van der Waals surface area contributed by atoms with Crippen molar-refractivity contribution in [2.75, 3.05) is 11.1 Å². The summed E-state index contributed by atoms with van der Waals surface area (Å²) < 4.78 is 29.7. The number of carbonyl (C=O) groups is 2. The molecule has 0 spiro atoms. The second kappa shape index (κ2) is 8.45. The van der Waals surface area contributed by atoms with E-state index in [1.165, 1.54) is 32.0 Å². The van der Waals surface area contributed by atoms with Gasteiger partial charge >= 0.3 is 5.97 Å². The highest BCUT2D eigenvalue weighted by atomic mass is 32.2. The first-order chi connectivity index (χ1) is 13.8. The molecule has 3 rings (SSSR count). The van der Waals surface area contributed by atoms with Crippen molar-refractivity contribution in [2.45, 2.75) is 24.8 Å². The number of fused-ring (bicyclic) bond motifs is 1. The minimum absolute atomic E-state index is 0.0841. The molecule has 0 aliphatic heterocycles. The molecular formula is C22H21NO5S. The smallest absolute Gasteiger partial charge is 0.340 e. The molecule has 1 N–H and O–H groups in total. The summed E-state index contributed by atoms with van der Waals surface area (Å²) in [7, 11) is -3.60. The number of amides is 1. The quantitative estimate of drug-likeness (QED) is 0.623. The van der Waals surface area contributed by atoms with Gasteiger partial charge in [0.15, 0.2) is 15.9 Å². The van der Waals surface area contributed by atoms with Crippen LogP contribution in [0.15, 0.2) is 71.6 Å². The van der Waals surface area contributed by atoms with Crippen LogP contribution >= 0.6 is 0 Å². The largest absolute Gasteiger partial charge is 0.449 e. The van der Waals surface area contributed by atoms with Crippen molar-refractivity contribution in [3.63, 3.8) is 0 Å². The Kier molecular flexibility index (Phi) is 5.98. The molecule has 0 unspecified atom stereocenters. The number of anilines is 1. The number of ether oxygens (including phenoxy) is 1. The SMILES string of the molecule is CCS(=O)(=O)c1ccccc1C(=O)O[C@H](C)C(=O)Nc1cccc2ccccc12. The van der Waals surface area contributed by atoms with Crippen molar-refractivity contribution in [1.82, 2.24) is 0 Å². The lowest BCUT2D eigenvalue weighted by atomic mass is 10.1. The molecule has 0 aromatic heterocycles. The lowest BCUT2D eigenvalue weighted by molar-refractivity contribution is -0.123. The zero-order valence-corrected chi connectivity index (χ0v) is 16.9. The summed E-state index contributed by atoms with van der Waals surface area (Å²) in [5, 5.41) is 4.59. The summed E-state index contributed by atoms with van der Waals surface area (Å²) in [6, 6.07) is 18.9. The highest BCUT2D eigenvalue weighted by Crippen LogP contribution is 2.23. The summed E-state index contributed by atoms with van der Waals surface area (Å²) in [5.74, 6) is -1.52. The molecule has 0 fully saturated rings. The van der Waals surface area contributed by atoms with Gasteiger partial charge in [0.05, 0.1) is 16.2 Å². The lowest BCUT2D eigenvalue weighted by Crippen LogP contribution is -2.30. The van der Waals surface area contributed by atoms with Crippen molar-refractivity contribution >= 4 is 38.2 Å². The van der Waals surface area contributed by atoms with E-state index in [9.17, 15) is 18.0 Å². The van der Waals surface area contributed by atoms with E-state index in [1.54, 1.807) is 12.1 Å². The number of sulfone groups is 1. The van der Waals surface area contributed by atoms with Crippen LogP contribution < -0.4 is 5.32 Å². The predicted octanol–water partition coefficient (Wildman–Crippen LogP) is 3.82. The fourth-order valence-corrected chi connectivity index (χ4v) is 3.99. The van der Waals surface area contributed by atoms with Crippen LogP contribution in [0.5, 0.6) is 0 Å². The van der Waals surface area contributed by atoms with Crippen LogP contribution in [0.4, 0.5) is 5.69 Å². The fourth-order valence-electron chi connectivity index (χ4n) is 2.91. The zero-order valence-electron chi connectivity index (χ0n) is 16.1. The Labute approximate surface area is 169 Å². The highest BCUT2D eigenvalue weighted by Gasteiger charge is 2.25. The minimum Gasteiger partial charge on any atom is -0.449 e. The first kappa shape index (κ1) is 20.5. The first-order valence-corrected chi connectivity index (χ1v) is 10.8. The molecule has 0 saturated heterocycles. The van der Waals surface area contributed by atoms with Crippen LogP contribution in [0, 0.1) is 0 Å². The third-order valence-electron chi connectivity index (χ3n) is 4.52. The number of carbonyl (C=O) groups excluding carboxylic acids is 2. The van der Waals surface area contributed by atoms with Crippen molar-refractivity contribution < 1.29 is 22.7 Å². The second-order valence-electron chi connectivity index (χ2n) is 6.46. The second-order valence-corrected chi connectivity index (χ2v) is 8.71. The van der Waals surface area contributed by atoms with Gasteiger partial charge in [-0.05, 0) is 30.5 Å². The molecule has 1 atom stereocenters. The number of hydrogen-bond acceptors (Lipinski definition) is 5. The monoisotopic (exact) mass is 411 g/mol. The number of rotatable bonds is 6. The molecule has 29 heavy (non-hydrogen) atoms. The Balaban J connectivity index is 1.78. The van der Waals surface area contributed by atoms with Crippen LogP contribution in [0.3, 0.4) is 0 Å². The van der Waals surface area contributed by atoms with E-state index in [-0.39, 0.29) is 16.2 Å². The highest BCUT2D eigenvalue weighted by molar-refractivity contribution is 7.91. The fraction of sp³-hybridized carbons (Fsp3) is 0.182. The summed E-state index contributed by atoms with van der Waals surface area (Å²) >= 11 is 0. The predicted molar refractivity (Wildman–Crippen MR) is 112 cm³/mol. The van der Waals surface area contributed by atoms with Crippen LogP contribution in [0.1, 0.15) is 24.2 Å². The summed E-state index contributed by atoms with van der Waals surface area (Å²) in [4.78, 5) is 25.0. The van der Waals surface area contributed by atoms with Gasteiger partial charge in [0.1, 0.15) is 0 Å². The third kappa shape index (κ3) is 4.46. The summed E-state index contributed by atoms with van der Waals surface area (Å²) in [6.07, 6.45) is -1.11. The molecule has 0 heterocycles. The molecule has 3 aromatic rings. The first-order valence-electron chi connectivity index (χ1n) is 9.15. The van der Waals surface area contributed by atoms with E-state index < -0.39 is 27.8 Å². The van der Waals surface area contributed by atoms with Gasteiger partial charge in [0.2, 0.25) is 0 Å². The van der Waals surface area contributed by atoms with Gasteiger partial charge in [-0.3, -0.25) is 4.79 Å². The summed E-state index contributed by atoms with van der Waals surface area (Å²) in [5.41, 5.74) is 0.518. The number of esters is 1. The van der Waals surface area contributed by atoms with E-state index in [0.29, 0.717) is 5.69 Å². The van der Waals surface area contributed by atoms with E-state index in [2.05, 4.69) is 5.32 Å². The molecule has 0 bridgehead atoms. The zero-order chi connectivity index (χ0) is 21.0. The van der Waals surface area contributed by atoms with Gasteiger partial charge in [-0.1, -0.05) is 55.5 Å². The van der Waals surface area contributed by atoms with Gasteiger partial charge in [-0.25, -0.2) is 13.2 Å². The Morgan fingerprint density at radius 2 is 1.62 bits per heavy atom. The van der Waals surface area contributed by atoms with Crippen molar-refractivity contribution in [2.24, 2.45) is 0 Å². The average molecular weight is 411 g/mol. The molecule has 0 radical (unpaired) electrons. The van der Waals surface area contributed by atoms with Crippen molar-refractivity contribution in [1.29, 1.82) is 0 Å². The molecule has 0 saturated carbocycles. The number of nitrogens with one attached hydrogen (secondary N) is 1. The van der Waals surface area contributed by atoms with E-state index >= 15 is 0 Å². The van der Waals surface area contributed by atoms with Crippen LogP contribution in [-0.2, 0) is 19.4 Å². The van der Waals surface area contributed by atoms with Crippen molar-refractivity contribution in [3.05, 3.63) is 72.3 Å². The molecule has 0 aliphatic rings. The third-order valence-corrected chi connectivity index (χ3v) is 6.31. The van der Waals surface area contributed by atoms with Crippen LogP contribution in [0.25, 0.3) is 10.8 Å². The van der Waals surface area contributed by atoms with E-state index in [0.717, 1.165) is 10.8 Å². The van der Waals surface area contributed by atoms with Gasteiger partial charge in [-0.2, -0.15) is 0 Å². The maximum atomic E-state index is 12.6. The Morgan fingerprint density at radius 1 is 0.966 bits per heavy atom. The lowest BCUT2D eigenvalue weighted by Gasteiger charge is -2.16. The molecule has 6 nitrogen and oxygen atoms in total. The van der Waals surface area contributed by atoms with Gasteiger partial charge in [-0.15, -0.1) is 0 Å². The Morgan fingerprint density at radius 3 is 2.38 bits per heavy atom. The Bertz CT molecular complexity index is 1170. The van der Waals surface area contributed by atoms with Gasteiger partial charge in [0, 0.05) is 11.1 Å². The number of benzene rings is 3. The normalized spacial score (nSPS) is 12.3. The summed E-state index contributed by atoms with van der Waals surface area (Å²) in [6.45, 7) is 2.94. The molecule has 7 heteroatoms. The topological polar surface area (TPSA) is 89.5 Å². The van der Waals surface area contributed by atoms with Crippen LogP contribution in [0.2, 0.25) is 0 Å². The van der Waals surface area contributed by atoms with E-state index in [4.69, 9.17) is 4.74 Å². The van der Waals surface area contributed by atoms with Crippen molar-refractivity contribution in [3.8, 4) is 0 Å². The molecule has 1 amide bonds. The van der Waals surface area contributed by atoms with E-state index in [1.807, 2.05) is 36.4 Å². The standard InChI is InChI=1S/C22H21NO5S/c1-3-29(26,27)20-14-7-6-12-18(20)22(25)28-15(2)21(24)23-19-13-8-10-16-9-4-5-11-17(16)19/h4-15H,3H2,1-2H3,(H,23,24)/t15-/m1/s1. The minimum atomic E-state index is -3.60. The van der Waals surface area contributed by atoms with Gasteiger partial charge in [0.25, 0.3) is 5.91 Å². The molecular weight excluding hydrogens is 390 g/mol. The molecule has 3 aromatic carbocycles. The maximum absolute atomic E-state index is 12.6. The molecule has 0 aliphatic carbocycles. The van der Waals surface area contributed by atoms with Gasteiger partial charge < -0.3 is 10.1 Å². The van der Waals surface area contributed by atoms with Crippen LogP contribution in [-0.4, -0.2) is 32.2 Å².